The molecule has 0 rings (SSSR count). The van der Waals surface area contributed by atoms with Gasteiger partial charge in [-0.05, 0) is 0 Å². The number of carboxylic acids is 1. The van der Waals surface area contributed by atoms with Gasteiger partial charge < -0.3 is 9.90 Å². The first-order valence-electron chi connectivity index (χ1n) is 1.13. The normalized spacial score (nSPS) is 7.86. The van der Waals surface area contributed by atoms with Crippen LogP contribution in [0.3, 0.4) is 0 Å². The van der Waals surface area contributed by atoms with Crippen LogP contribution in [0.4, 0.5) is 8.78 Å². The summed E-state index contributed by atoms with van der Waals surface area (Å²) >= 11 is 0. The fourth-order valence-electron chi connectivity index (χ4n) is 0. The van der Waals surface area contributed by atoms with Crippen molar-refractivity contribution in [1.29, 1.82) is 0 Å². The molecular weight excluding hydrogens is 133 g/mol. The van der Waals surface area contributed by atoms with Crippen LogP contribution in [-0.2, 0) is 4.79 Å². The maximum atomic E-state index is 10.5. The van der Waals surface area contributed by atoms with Crippen molar-refractivity contribution < 1.29 is 70.1 Å². The first-order chi connectivity index (χ1) is 2.64. The molecule has 0 aliphatic carbocycles. The Balaban J connectivity index is 0. The Morgan fingerprint density at radius 1 is 1.57 bits per heavy atom. The van der Waals surface area contributed by atoms with E-state index in [2.05, 4.69) is 0 Å². The van der Waals surface area contributed by atoms with Crippen LogP contribution in [0.2, 0.25) is 0 Å². The number of carbonyl (C=O) groups is 1. The molecule has 5 heteroatoms. The molecule has 0 N–H and O–H groups in total. The smallest absolute Gasteiger partial charge is 0.544 e. The minimum absolute atomic E-state index is 0. The van der Waals surface area contributed by atoms with Crippen molar-refractivity contribution in [2.75, 3.05) is 0 Å². The van der Waals surface area contributed by atoms with Crippen LogP contribution in [0.1, 0.15) is 0 Å². The van der Waals surface area contributed by atoms with Crippen molar-refractivity contribution >= 4 is 5.97 Å². The SMILES string of the molecule is O=C([O-])C(F)F.[K+]. The summed E-state index contributed by atoms with van der Waals surface area (Å²) in [6.45, 7) is 0. The summed E-state index contributed by atoms with van der Waals surface area (Å²) < 4.78 is 21.0. The fourth-order valence-corrected chi connectivity index (χ4v) is 0. The van der Waals surface area contributed by atoms with Crippen LogP contribution in [0.15, 0.2) is 0 Å². The summed E-state index contributed by atoms with van der Waals surface area (Å²) in [6.07, 6.45) is -3.34. The number of rotatable bonds is 1. The van der Waals surface area contributed by atoms with Crippen LogP contribution < -0.4 is 56.5 Å². The molecule has 0 radical (unpaired) electrons. The first-order valence-corrected chi connectivity index (χ1v) is 1.13. The van der Waals surface area contributed by atoms with Crippen molar-refractivity contribution in [3.8, 4) is 0 Å². The van der Waals surface area contributed by atoms with E-state index < -0.39 is 12.4 Å². The van der Waals surface area contributed by atoms with Crippen molar-refractivity contribution in [3.05, 3.63) is 0 Å². The van der Waals surface area contributed by atoms with E-state index in [1.54, 1.807) is 0 Å². The van der Waals surface area contributed by atoms with E-state index in [9.17, 15) is 8.78 Å². The molecule has 0 atom stereocenters. The van der Waals surface area contributed by atoms with Crippen molar-refractivity contribution in [2.24, 2.45) is 0 Å². The molecule has 0 amide bonds. The van der Waals surface area contributed by atoms with Gasteiger partial charge >= 0.3 is 51.4 Å². The fraction of sp³-hybridized carbons (Fsp3) is 0.500. The van der Waals surface area contributed by atoms with Gasteiger partial charge in [-0.3, -0.25) is 0 Å². The van der Waals surface area contributed by atoms with E-state index >= 15 is 0 Å². The summed E-state index contributed by atoms with van der Waals surface area (Å²) in [5, 5.41) is 8.84. The van der Waals surface area contributed by atoms with E-state index in [-0.39, 0.29) is 51.4 Å². The van der Waals surface area contributed by atoms with Crippen LogP contribution in [0, 0.1) is 0 Å². The Hall–Kier alpha value is 0.966. The van der Waals surface area contributed by atoms with Crippen LogP contribution in [-0.4, -0.2) is 12.4 Å². The van der Waals surface area contributed by atoms with Crippen molar-refractivity contribution in [1.82, 2.24) is 0 Å². The van der Waals surface area contributed by atoms with E-state index in [4.69, 9.17) is 9.90 Å². The Morgan fingerprint density at radius 2 is 1.71 bits per heavy atom. The summed E-state index contributed by atoms with van der Waals surface area (Å²) in [5.74, 6) is -2.32. The van der Waals surface area contributed by atoms with Gasteiger partial charge in [0.05, 0.1) is 0 Å². The summed E-state index contributed by atoms with van der Waals surface area (Å²) in [6, 6.07) is 0. The molecule has 0 bridgehead atoms. The van der Waals surface area contributed by atoms with Crippen LogP contribution in [0.25, 0.3) is 0 Å². The van der Waals surface area contributed by atoms with E-state index in [1.807, 2.05) is 0 Å². The van der Waals surface area contributed by atoms with Gasteiger partial charge in [-0.15, -0.1) is 0 Å². The number of halogens is 2. The quantitative estimate of drug-likeness (QED) is 0.343. The summed E-state index contributed by atoms with van der Waals surface area (Å²) in [7, 11) is 0. The monoisotopic (exact) mass is 134 g/mol. The molecule has 36 valence electrons. The predicted octanol–water partition coefficient (Wildman–Crippen LogP) is -3.99. The van der Waals surface area contributed by atoms with Crippen LogP contribution in [0.5, 0.6) is 0 Å². The van der Waals surface area contributed by atoms with Crippen molar-refractivity contribution in [3.63, 3.8) is 0 Å². The number of alkyl halides is 2. The molecule has 0 spiro atoms. The Morgan fingerprint density at radius 3 is 1.71 bits per heavy atom. The molecule has 0 unspecified atom stereocenters. The second kappa shape index (κ2) is 5.11. The van der Waals surface area contributed by atoms with E-state index in [0.717, 1.165) is 0 Å². The molecule has 0 aliphatic rings. The molecule has 0 saturated carbocycles. The molecule has 0 saturated heterocycles. The number of hydrogen-bond acceptors (Lipinski definition) is 2. The Kier molecular flexibility index (Phi) is 7.93. The molecule has 0 aromatic heterocycles. The van der Waals surface area contributed by atoms with Crippen molar-refractivity contribution in [2.45, 2.75) is 6.43 Å². The number of carbonyl (C=O) groups excluding carboxylic acids is 1. The average Bonchev–Trinajstić information content (AvgIpc) is 1.36. The van der Waals surface area contributed by atoms with Gasteiger partial charge in [0.15, 0.2) is 0 Å². The molecule has 0 aromatic carbocycles. The molecule has 2 nitrogen and oxygen atoms in total. The third-order valence-corrected chi connectivity index (χ3v) is 0.178. The van der Waals surface area contributed by atoms with Gasteiger partial charge in [-0.2, -0.15) is 0 Å². The molecule has 7 heavy (non-hydrogen) atoms. The Bertz CT molecular complexity index is 64.7. The Labute approximate surface area is 81.3 Å². The first kappa shape index (κ1) is 10.9. The number of carboxylic acid groups (broad SMARTS) is 1. The van der Waals surface area contributed by atoms with Gasteiger partial charge in [-0.25, -0.2) is 8.78 Å². The van der Waals surface area contributed by atoms with E-state index in [0.29, 0.717) is 0 Å². The zero-order valence-corrected chi connectivity index (χ0v) is 6.77. The topological polar surface area (TPSA) is 40.1 Å². The second-order valence-electron chi connectivity index (χ2n) is 0.620. The zero-order chi connectivity index (χ0) is 5.15. The number of hydrogen-bond donors (Lipinski definition) is 0. The predicted molar refractivity (Wildman–Crippen MR) is 11.0 cm³/mol. The third-order valence-electron chi connectivity index (χ3n) is 0.178. The molecule has 0 fully saturated rings. The van der Waals surface area contributed by atoms with E-state index in [1.165, 1.54) is 0 Å². The zero-order valence-electron chi connectivity index (χ0n) is 3.65. The summed E-state index contributed by atoms with van der Waals surface area (Å²) in [4.78, 5) is 8.84. The van der Waals surface area contributed by atoms with Gasteiger partial charge in [0.25, 0.3) is 6.43 Å². The minimum Gasteiger partial charge on any atom is -0.544 e. The maximum absolute atomic E-state index is 10.5. The van der Waals surface area contributed by atoms with Gasteiger partial charge in [0.2, 0.25) is 0 Å². The molecule has 0 aliphatic heterocycles. The second-order valence-corrected chi connectivity index (χ2v) is 0.620. The molecule has 0 heterocycles. The summed E-state index contributed by atoms with van der Waals surface area (Å²) in [5.41, 5.74) is 0. The van der Waals surface area contributed by atoms with Gasteiger partial charge in [0, 0.05) is 0 Å². The molecule has 0 aromatic rings. The third kappa shape index (κ3) is 6.97. The van der Waals surface area contributed by atoms with Crippen LogP contribution >= 0.6 is 0 Å². The average molecular weight is 134 g/mol. The molecular formula is C2HF2KO2. The number of aliphatic carboxylic acids is 1. The maximum Gasteiger partial charge on any atom is 1.00 e. The van der Waals surface area contributed by atoms with Gasteiger partial charge in [0.1, 0.15) is 5.97 Å². The standard InChI is InChI=1S/C2H2F2O2.K/c3-1(4)2(5)6;/h1H,(H,5,6);/q;+1/p-1. The minimum atomic E-state index is -3.34. The largest absolute Gasteiger partial charge is 1.00 e. The van der Waals surface area contributed by atoms with Gasteiger partial charge in [-0.1, -0.05) is 0 Å².